The number of rotatable bonds is 3. The molecule has 0 unspecified atom stereocenters. The second-order valence-electron chi connectivity index (χ2n) is 6.91. The van der Waals surface area contributed by atoms with E-state index in [-0.39, 0.29) is 11.4 Å². The quantitative estimate of drug-likeness (QED) is 0.907. The number of anilines is 2. The fourth-order valence-corrected chi connectivity index (χ4v) is 3.89. The Bertz CT molecular complexity index is 846. The van der Waals surface area contributed by atoms with Gasteiger partial charge in [0.1, 0.15) is 5.54 Å². The van der Waals surface area contributed by atoms with Gasteiger partial charge in [-0.1, -0.05) is 29.8 Å². The molecule has 0 aliphatic carbocycles. The van der Waals surface area contributed by atoms with E-state index in [1.54, 1.807) is 4.90 Å². The number of hydrogen-bond acceptors (Lipinski definition) is 3. The van der Waals surface area contributed by atoms with E-state index >= 15 is 0 Å². The molecule has 1 fully saturated rings. The van der Waals surface area contributed by atoms with Crippen molar-refractivity contribution in [3.8, 4) is 0 Å². The molecule has 2 aliphatic heterocycles. The van der Waals surface area contributed by atoms with Crippen LogP contribution in [0.3, 0.4) is 0 Å². The first kappa shape index (κ1) is 16.4. The molecule has 0 bridgehead atoms. The molecule has 0 spiro atoms. The lowest BCUT2D eigenvalue weighted by Gasteiger charge is -2.44. The van der Waals surface area contributed by atoms with Crippen molar-refractivity contribution in [1.29, 1.82) is 0 Å². The molecule has 0 atom stereocenters. The summed E-state index contributed by atoms with van der Waals surface area (Å²) in [5, 5.41) is 4.41. The van der Waals surface area contributed by atoms with E-state index in [2.05, 4.69) is 29.6 Å². The van der Waals surface area contributed by atoms with Crippen molar-refractivity contribution < 1.29 is 9.53 Å². The fraction of sp³-hybridized carbons (Fsp3) is 0.350. The Hall–Kier alpha value is -2.04. The highest BCUT2D eigenvalue weighted by molar-refractivity contribution is 6.31. The van der Waals surface area contributed by atoms with Crippen molar-refractivity contribution >= 4 is 28.9 Å². The van der Waals surface area contributed by atoms with Crippen LogP contribution in [0.1, 0.15) is 23.1 Å². The van der Waals surface area contributed by atoms with E-state index in [0.717, 1.165) is 33.9 Å². The molecule has 4 rings (SSSR count). The highest BCUT2D eigenvalue weighted by atomic mass is 35.5. The van der Waals surface area contributed by atoms with Crippen molar-refractivity contribution in [2.75, 3.05) is 30.5 Å². The number of carbonyl (C=O) groups excluding carboxylic acids is 1. The predicted molar refractivity (Wildman–Crippen MR) is 100 cm³/mol. The average Bonchev–Trinajstić information content (AvgIpc) is 2.58. The third-order valence-corrected chi connectivity index (χ3v) is 5.70. The van der Waals surface area contributed by atoms with Gasteiger partial charge in [0.05, 0.1) is 13.2 Å². The maximum absolute atomic E-state index is 12.0. The lowest BCUT2D eigenvalue weighted by molar-refractivity contribution is -0.118. The van der Waals surface area contributed by atoms with Gasteiger partial charge < -0.3 is 15.0 Å². The predicted octanol–water partition coefficient (Wildman–Crippen LogP) is 3.90. The number of ether oxygens (including phenoxy) is 1. The minimum absolute atomic E-state index is 0.164. The molecule has 2 aromatic carbocycles. The Kier molecular flexibility index (Phi) is 3.97. The number of halogens is 1. The molecule has 2 aromatic rings. The van der Waals surface area contributed by atoms with E-state index in [9.17, 15) is 4.79 Å². The molecular weight excluding hydrogens is 336 g/mol. The summed E-state index contributed by atoms with van der Waals surface area (Å²) >= 11 is 6.32. The normalized spacial score (nSPS) is 18.5. The molecule has 0 radical (unpaired) electrons. The van der Waals surface area contributed by atoms with E-state index in [0.29, 0.717) is 19.6 Å². The number of fused-ring (bicyclic) bond motifs is 1. The fourth-order valence-electron chi connectivity index (χ4n) is 3.71. The molecule has 1 amide bonds. The van der Waals surface area contributed by atoms with E-state index < -0.39 is 0 Å². The number of benzene rings is 2. The Morgan fingerprint density at radius 2 is 2.00 bits per heavy atom. The van der Waals surface area contributed by atoms with Crippen LogP contribution < -0.4 is 10.2 Å². The van der Waals surface area contributed by atoms with Crippen LogP contribution in [0.15, 0.2) is 36.4 Å². The molecule has 5 heteroatoms. The zero-order chi connectivity index (χ0) is 17.6. The molecule has 4 nitrogen and oxygen atoms in total. The molecule has 2 heterocycles. The molecule has 25 heavy (non-hydrogen) atoms. The zero-order valence-electron chi connectivity index (χ0n) is 14.4. The van der Waals surface area contributed by atoms with E-state index in [1.807, 2.05) is 26.1 Å². The van der Waals surface area contributed by atoms with Gasteiger partial charge in [-0.2, -0.15) is 0 Å². The highest BCUT2D eigenvalue weighted by Crippen LogP contribution is 2.39. The summed E-state index contributed by atoms with van der Waals surface area (Å²) in [7, 11) is 1.84. The Labute approximate surface area is 152 Å². The summed E-state index contributed by atoms with van der Waals surface area (Å²) in [4.78, 5) is 13.7. The monoisotopic (exact) mass is 356 g/mol. The third kappa shape index (κ3) is 2.70. The van der Waals surface area contributed by atoms with Crippen LogP contribution in [0.2, 0.25) is 5.02 Å². The van der Waals surface area contributed by atoms with E-state index in [1.165, 1.54) is 5.56 Å². The minimum Gasteiger partial charge on any atom is -0.376 e. The molecule has 0 aromatic heterocycles. The van der Waals surface area contributed by atoms with Crippen LogP contribution in [-0.4, -0.2) is 26.2 Å². The number of carbonyl (C=O) groups is 1. The van der Waals surface area contributed by atoms with Gasteiger partial charge in [-0.25, -0.2) is 0 Å². The summed E-state index contributed by atoms with van der Waals surface area (Å²) in [6.45, 7) is 3.23. The number of aryl methyl sites for hydroxylation is 1. The van der Waals surface area contributed by atoms with Gasteiger partial charge in [-0.05, 0) is 48.2 Å². The van der Waals surface area contributed by atoms with Gasteiger partial charge in [0, 0.05) is 29.9 Å². The largest absolute Gasteiger partial charge is 0.376 e. The van der Waals surface area contributed by atoms with Gasteiger partial charge in [0.25, 0.3) is 0 Å². The van der Waals surface area contributed by atoms with Gasteiger partial charge >= 0.3 is 0 Å². The zero-order valence-corrected chi connectivity index (χ0v) is 15.2. The summed E-state index contributed by atoms with van der Waals surface area (Å²) in [6.07, 6.45) is 1.39. The van der Waals surface area contributed by atoms with Crippen LogP contribution >= 0.6 is 11.6 Å². The number of hydrogen-bond donors (Lipinski definition) is 1. The summed E-state index contributed by atoms with van der Waals surface area (Å²) in [5.74, 6) is 0.164. The first-order valence-corrected chi connectivity index (χ1v) is 8.89. The highest BCUT2D eigenvalue weighted by Gasteiger charge is 2.42. The molecule has 1 N–H and O–H groups in total. The van der Waals surface area contributed by atoms with Crippen LogP contribution in [0.5, 0.6) is 0 Å². The first-order valence-electron chi connectivity index (χ1n) is 8.51. The van der Waals surface area contributed by atoms with Crippen LogP contribution in [0.25, 0.3) is 0 Å². The van der Waals surface area contributed by atoms with Crippen molar-refractivity contribution in [1.82, 2.24) is 0 Å². The molecule has 2 aliphatic rings. The molecule has 1 saturated heterocycles. The average molecular weight is 357 g/mol. The minimum atomic E-state index is -0.277. The second-order valence-corrected chi connectivity index (χ2v) is 7.32. The number of amides is 1. The lowest BCUT2D eigenvalue weighted by atomic mass is 9.84. The Balaban J connectivity index is 1.69. The number of nitrogens with zero attached hydrogens (tertiary/aromatic N) is 1. The lowest BCUT2D eigenvalue weighted by Crippen LogP contribution is -2.53. The Morgan fingerprint density at radius 3 is 2.72 bits per heavy atom. The summed E-state index contributed by atoms with van der Waals surface area (Å²) < 4.78 is 5.54. The maximum Gasteiger partial charge on any atom is 0.227 e. The van der Waals surface area contributed by atoms with Gasteiger partial charge in [0.15, 0.2) is 0 Å². The van der Waals surface area contributed by atoms with Crippen LogP contribution in [0, 0.1) is 6.92 Å². The number of nitrogens with one attached hydrogen (secondary N) is 1. The molecular formula is C20H21ClN2O2. The van der Waals surface area contributed by atoms with Gasteiger partial charge in [-0.3, -0.25) is 4.79 Å². The first-order chi connectivity index (χ1) is 12.0. The topological polar surface area (TPSA) is 41.6 Å². The van der Waals surface area contributed by atoms with Crippen molar-refractivity contribution in [2.24, 2.45) is 0 Å². The summed E-state index contributed by atoms with van der Waals surface area (Å²) in [6, 6.07) is 12.2. The van der Waals surface area contributed by atoms with Crippen LogP contribution in [0.4, 0.5) is 11.4 Å². The Morgan fingerprint density at radius 1 is 1.20 bits per heavy atom. The molecule has 0 saturated carbocycles. The molecule has 130 valence electrons. The summed E-state index contributed by atoms with van der Waals surface area (Å²) in [5.41, 5.74) is 5.15. The third-order valence-electron chi connectivity index (χ3n) is 5.29. The van der Waals surface area contributed by atoms with Crippen molar-refractivity contribution in [2.45, 2.75) is 25.3 Å². The van der Waals surface area contributed by atoms with Crippen molar-refractivity contribution in [3.63, 3.8) is 0 Å². The maximum atomic E-state index is 12.0. The SMILES string of the molecule is Cc1c(Cl)cccc1C1(Nc2ccc3c(c2)N(C)C(=O)CC3)COC1. The van der Waals surface area contributed by atoms with Crippen LogP contribution in [-0.2, 0) is 21.5 Å². The van der Waals surface area contributed by atoms with Crippen molar-refractivity contribution in [3.05, 3.63) is 58.1 Å². The van der Waals surface area contributed by atoms with Gasteiger partial charge in [-0.15, -0.1) is 0 Å². The standard InChI is InChI=1S/C20H21ClN2O2/c1-13-16(4-3-5-17(13)21)20(11-25-12-20)22-15-8-6-14-7-9-19(24)23(2)18(14)10-15/h3-6,8,10,22H,7,9,11-12H2,1-2H3. The van der Waals surface area contributed by atoms with E-state index in [4.69, 9.17) is 16.3 Å². The van der Waals surface area contributed by atoms with Gasteiger partial charge in [0.2, 0.25) is 5.91 Å². The second kappa shape index (κ2) is 6.04. The smallest absolute Gasteiger partial charge is 0.227 e.